The van der Waals surface area contributed by atoms with Gasteiger partial charge in [-0.1, -0.05) is 17.4 Å². The maximum atomic E-state index is 12.4. The Morgan fingerprint density at radius 2 is 2.35 bits per heavy atom. The summed E-state index contributed by atoms with van der Waals surface area (Å²) < 4.78 is 5.40. The minimum atomic E-state index is -0.364. The van der Waals surface area contributed by atoms with Gasteiger partial charge < -0.3 is 9.64 Å². The molecule has 0 saturated carbocycles. The smallest absolute Gasteiger partial charge is 0.255 e. The molecule has 0 aromatic carbocycles. The summed E-state index contributed by atoms with van der Waals surface area (Å²) in [6.45, 7) is 1.82. The van der Waals surface area contributed by atoms with Crippen LogP contribution in [0.25, 0.3) is 6.08 Å². The minimum absolute atomic E-state index is 0.00221. The fourth-order valence-electron chi connectivity index (χ4n) is 3.05. The molecular weight excluding hydrogens is 370 g/mol. The molecule has 4 heterocycles. The van der Waals surface area contributed by atoms with E-state index in [1.165, 1.54) is 11.3 Å². The molecule has 2 aliphatic rings. The lowest BCUT2D eigenvalue weighted by molar-refractivity contribution is -0.127. The largest absolute Gasteiger partial charge is 0.368 e. The van der Waals surface area contributed by atoms with Gasteiger partial charge >= 0.3 is 0 Å². The van der Waals surface area contributed by atoms with Crippen molar-refractivity contribution in [1.29, 1.82) is 0 Å². The SMILES string of the molecule is O=C(Nc1nc2c(s1)CN(C(=O)/C=C/c1cccs1)CC2)C1CCCO1. The molecule has 6 nitrogen and oxygen atoms in total. The number of nitrogens with one attached hydrogen (secondary N) is 1. The van der Waals surface area contributed by atoms with Crippen LogP contribution in [0.2, 0.25) is 0 Å². The zero-order valence-electron chi connectivity index (χ0n) is 14.1. The van der Waals surface area contributed by atoms with Gasteiger partial charge in [0.25, 0.3) is 5.91 Å². The number of thiophene rings is 1. The lowest BCUT2D eigenvalue weighted by Gasteiger charge is -2.24. The third-order valence-corrected chi connectivity index (χ3v) is 6.26. The molecule has 1 saturated heterocycles. The molecule has 4 rings (SSSR count). The number of aromatic nitrogens is 1. The number of fused-ring (bicyclic) bond motifs is 1. The van der Waals surface area contributed by atoms with Crippen LogP contribution in [0.3, 0.4) is 0 Å². The van der Waals surface area contributed by atoms with Crippen LogP contribution < -0.4 is 5.32 Å². The zero-order valence-corrected chi connectivity index (χ0v) is 15.8. The van der Waals surface area contributed by atoms with Crippen LogP contribution in [-0.2, 0) is 27.3 Å². The number of ether oxygens (including phenoxy) is 1. The van der Waals surface area contributed by atoms with Crippen molar-refractivity contribution in [1.82, 2.24) is 9.88 Å². The van der Waals surface area contributed by atoms with Crippen molar-refractivity contribution < 1.29 is 14.3 Å². The Kier molecular flexibility index (Phi) is 5.14. The molecule has 1 N–H and O–H groups in total. The van der Waals surface area contributed by atoms with Gasteiger partial charge in [-0.3, -0.25) is 14.9 Å². The van der Waals surface area contributed by atoms with E-state index in [-0.39, 0.29) is 17.9 Å². The fourth-order valence-corrected chi connectivity index (χ4v) is 4.70. The number of hydrogen-bond acceptors (Lipinski definition) is 6. The van der Waals surface area contributed by atoms with Crippen molar-refractivity contribution in [2.24, 2.45) is 0 Å². The average molecular weight is 390 g/mol. The molecule has 2 amide bonds. The van der Waals surface area contributed by atoms with Crippen molar-refractivity contribution in [2.45, 2.75) is 31.9 Å². The fraction of sp³-hybridized carbons (Fsp3) is 0.389. The van der Waals surface area contributed by atoms with E-state index in [9.17, 15) is 9.59 Å². The highest BCUT2D eigenvalue weighted by atomic mass is 32.1. The Labute approximate surface area is 159 Å². The first-order valence-corrected chi connectivity index (χ1v) is 10.3. The number of amides is 2. The van der Waals surface area contributed by atoms with Crippen LogP contribution in [-0.4, -0.2) is 41.0 Å². The van der Waals surface area contributed by atoms with E-state index in [4.69, 9.17) is 4.74 Å². The topological polar surface area (TPSA) is 71.5 Å². The summed E-state index contributed by atoms with van der Waals surface area (Å²) in [4.78, 5) is 33.0. The van der Waals surface area contributed by atoms with Crippen molar-refractivity contribution in [2.75, 3.05) is 18.5 Å². The lowest BCUT2D eigenvalue weighted by atomic mass is 10.2. The molecule has 0 aliphatic carbocycles. The minimum Gasteiger partial charge on any atom is -0.368 e. The van der Waals surface area contributed by atoms with Crippen molar-refractivity contribution >= 4 is 45.7 Å². The van der Waals surface area contributed by atoms with Crippen molar-refractivity contribution in [3.05, 3.63) is 39.0 Å². The van der Waals surface area contributed by atoms with E-state index in [2.05, 4.69) is 10.3 Å². The van der Waals surface area contributed by atoms with Gasteiger partial charge in [0.1, 0.15) is 6.10 Å². The number of carbonyl (C=O) groups is 2. The number of carbonyl (C=O) groups excluding carboxylic acids is 2. The van der Waals surface area contributed by atoms with Crippen LogP contribution in [0.4, 0.5) is 5.13 Å². The van der Waals surface area contributed by atoms with E-state index in [0.717, 1.165) is 28.3 Å². The molecule has 1 fully saturated rings. The highest BCUT2D eigenvalue weighted by Crippen LogP contribution is 2.29. The van der Waals surface area contributed by atoms with E-state index in [1.54, 1.807) is 17.4 Å². The van der Waals surface area contributed by atoms with Gasteiger partial charge in [0.05, 0.1) is 12.2 Å². The third-order valence-electron chi connectivity index (χ3n) is 4.43. The molecule has 26 heavy (non-hydrogen) atoms. The molecule has 0 bridgehead atoms. The lowest BCUT2D eigenvalue weighted by Crippen LogP contribution is -2.34. The van der Waals surface area contributed by atoms with E-state index < -0.39 is 0 Å². The van der Waals surface area contributed by atoms with Gasteiger partial charge in [0, 0.05) is 35.4 Å². The van der Waals surface area contributed by atoms with Gasteiger partial charge in [-0.05, 0) is 30.4 Å². The second-order valence-electron chi connectivity index (χ2n) is 6.24. The first-order valence-electron chi connectivity index (χ1n) is 8.60. The van der Waals surface area contributed by atoms with Crippen LogP contribution in [0.1, 0.15) is 28.3 Å². The number of thiazole rings is 1. The first-order chi connectivity index (χ1) is 12.7. The van der Waals surface area contributed by atoms with Crippen LogP contribution in [0, 0.1) is 0 Å². The van der Waals surface area contributed by atoms with Gasteiger partial charge in [-0.15, -0.1) is 11.3 Å². The van der Waals surface area contributed by atoms with Gasteiger partial charge in [0.15, 0.2) is 5.13 Å². The third kappa shape index (κ3) is 3.87. The van der Waals surface area contributed by atoms with E-state index in [1.807, 2.05) is 28.5 Å². The van der Waals surface area contributed by atoms with Gasteiger partial charge in [-0.25, -0.2) is 4.98 Å². The molecular formula is C18H19N3O3S2. The Morgan fingerprint density at radius 3 is 3.12 bits per heavy atom. The molecule has 8 heteroatoms. The summed E-state index contributed by atoms with van der Waals surface area (Å²) in [5.41, 5.74) is 0.976. The van der Waals surface area contributed by atoms with Crippen molar-refractivity contribution in [3.63, 3.8) is 0 Å². The Bertz CT molecular complexity index is 823. The summed E-state index contributed by atoms with van der Waals surface area (Å²) in [6.07, 6.45) is 5.50. The maximum absolute atomic E-state index is 12.4. The van der Waals surface area contributed by atoms with Gasteiger partial charge in [-0.2, -0.15) is 0 Å². The van der Waals surface area contributed by atoms with Crippen LogP contribution >= 0.6 is 22.7 Å². The molecule has 2 aromatic rings. The maximum Gasteiger partial charge on any atom is 0.255 e. The predicted molar refractivity (Wildman–Crippen MR) is 102 cm³/mol. The average Bonchev–Trinajstić information content (AvgIpc) is 3.39. The quantitative estimate of drug-likeness (QED) is 0.816. The second kappa shape index (κ2) is 7.69. The Morgan fingerprint density at radius 1 is 1.42 bits per heavy atom. The number of anilines is 1. The molecule has 0 radical (unpaired) electrons. The molecule has 1 unspecified atom stereocenters. The standard InChI is InChI=1S/C18H19N3O3S2/c22-16(6-5-12-3-2-10-25-12)21-8-7-13-15(11-21)26-18(19-13)20-17(23)14-4-1-9-24-14/h2-3,5-6,10,14H,1,4,7-9,11H2,(H,19,20,23)/b6-5+. The first kappa shape index (κ1) is 17.4. The molecule has 2 aliphatic heterocycles. The molecule has 0 spiro atoms. The molecule has 2 aromatic heterocycles. The summed E-state index contributed by atoms with van der Waals surface area (Å²) in [5, 5.41) is 5.44. The summed E-state index contributed by atoms with van der Waals surface area (Å²) in [6, 6.07) is 3.95. The second-order valence-corrected chi connectivity index (χ2v) is 8.30. The number of hydrogen-bond donors (Lipinski definition) is 1. The number of nitrogens with zero attached hydrogens (tertiary/aromatic N) is 2. The van der Waals surface area contributed by atoms with Crippen molar-refractivity contribution in [3.8, 4) is 0 Å². The van der Waals surface area contributed by atoms with E-state index in [0.29, 0.717) is 31.2 Å². The highest BCUT2D eigenvalue weighted by molar-refractivity contribution is 7.15. The Hall–Kier alpha value is -2.03. The summed E-state index contributed by atoms with van der Waals surface area (Å²) in [5.74, 6) is -0.122. The van der Waals surface area contributed by atoms with Gasteiger partial charge in [0.2, 0.25) is 5.91 Å². The summed E-state index contributed by atoms with van der Waals surface area (Å²) >= 11 is 3.05. The normalized spacial score (nSPS) is 19.7. The predicted octanol–water partition coefficient (Wildman–Crippen LogP) is 2.92. The van der Waals surface area contributed by atoms with E-state index >= 15 is 0 Å². The zero-order chi connectivity index (χ0) is 17.9. The van der Waals surface area contributed by atoms with Crippen LogP contribution in [0.5, 0.6) is 0 Å². The van der Waals surface area contributed by atoms with Crippen LogP contribution in [0.15, 0.2) is 23.6 Å². The molecule has 1 atom stereocenters. The number of rotatable bonds is 4. The Balaban J connectivity index is 1.38. The molecule has 136 valence electrons. The highest BCUT2D eigenvalue weighted by Gasteiger charge is 2.27. The summed E-state index contributed by atoms with van der Waals surface area (Å²) in [7, 11) is 0. The monoisotopic (exact) mass is 389 g/mol.